The molecule has 9 aromatic carbocycles. The number of rotatable bonds is 24. The molecule has 0 fully saturated rings. The minimum Gasteiger partial charge on any atom is -0.497 e. The van der Waals surface area contributed by atoms with Crippen LogP contribution in [-0.4, -0.2) is 129 Å². The lowest BCUT2D eigenvalue weighted by atomic mass is 9.88. The van der Waals surface area contributed by atoms with Crippen LogP contribution in [-0.2, 0) is 28.9 Å². The van der Waals surface area contributed by atoms with Crippen LogP contribution in [0.2, 0.25) is 20.5 Å². The van der Waals surface area contributed by atoms with Crippen molar-refractivity contribution in [3.63, 3.8) is 0 Å². The third kappa shape index (κ3) is 42.0. The van der Waals surface area contributed by atoms with Gasteiger partial charge in [0.15, 0.2) is 10.6 Å². The minimum absolute atomic E-state index is 0. The lowest BCUT2D eigenvalue weighted by molar-refractivity contribution is -0.119. The van der Waals surface area contributed by atoms with E-state index in [0.29, 0.717) is 115 Å². The van der Waals surface area contributed by atoms with Gasteiger partial charge in [0.25, 0.3) is 0 Å². The highest BCUT2D eigenvalue weighted by molar-refractivity contribution is 14.0. The fraction of sp³-hybridized carbons (Fsp3) is 0.263. The van der Waals surface area contributed by atoms with Crippen LogP contribution in [0.3, 0.4) is 0 Å². The van der Waals surface area contributed by atoms with Gasteiger partial charge in [0.05, 0.1) is 66.9 Å². The molecule has 0 saturated heterocycles. The quantitative estimate of drug-likeness (QED) is 0.00533. The summed E-state index contributed by atoms with van der Waals surface area (Å²) in [7, 11) is -16.7. The Hall–Kier alpha value is -8.97. The number of fused-ring (bicyclic) bond motifs is 3. The zero-order chi connectivity index (χ0) is 94.6. The summed E-state index contributed by atoms with van der Waals surface area (Å²) in [6.45, 7) is 9.96. The number of methoxy groups -OCH3 is 6. The van der Waals surface area contributed by atoms with Gasteiger partial charge >= 0.3 is 21.2 Å². The van der Waals surface area contributed by atoms with E-state index < -0.39 is 73.9 Å². The number of nitrogens with two attached hydrogens (primary N) is 1. The SMILES string of the molecule is C#CCCNB(C)O.CC(=O)Cl.I.[2H]C([2H])([2H])Oc1ccc(/C=C(/F)C#CCCNB(C)O)cc1.[2H]C([2H])([2H])Oc1ccc(C=C(F)Br)cc1.[2H]C([2H])([2H])Oc1ccc(C=O)cc1.[2H]C([2H])([2H])Oc1ccc2cc(F)cc(CCN)c2c1.[2H]C([2H])([2H])Oc1ccc2cc(F)cc(CCNB(C)O)c2c1.[2H]C([2H])([2H])Oc1ccc2cc(F)cc(CCNC(C)=O)c2c1. The van der Waals surface area contributed by atoms with Gasteiger partial charge in [0, 0.05) is 38.8 Å². The first-order valence-electron chi connectivity index (χ1n) is 41.3. The van der Waals surface area contributed by atoms with Gasteiger partial charge in [-0.1, -0.05) is 48.4 Å². The molecule has 9 N–H and O–H groups in total. The summed E-state index contributed by atoms with van der Waals surface area (Å²) in [5, 5.41) is 41.6. The largest absolute Gasteiger partial charge is 0.497 e. The summed E-state index contributed by atoms with van der Waals surface area (Å²) >= 11 is 7.29. The van der Waals surface area contributed by atoms with Gasteiger partial charge in [-0.25, -0.2) is 13.2 Å². The number of benzene rings is 9. The molecule has 0 radical (unpaired) electrons. The van der Waals surface area contributed by atoms with E-state index >= 15 is 0 Å². The number of hydrogen-bond acceptors (Lipinski definition) is 16. The summed E-state index contributed by atoms with van der Waals surface area (Å²) in [5.41, 5.74) is 9.29. The number of carbonyl (C=O) groups is 3. The van der Waals surface area contributed by atoms with Crippen LogP contribution in [0.15, 0.2) is 174 Å². The van der Waals surface area contributed by atoms with Crippen molar-refractivity contribution >= 4 is 135 Å². The molecular formula is C80H94B3BrClF5IN5O12. The molecule has 0 unspecified atom stereocenters. The Morgan fingerprint density at radius 1 is 0.528 bits per heavy atom. The molecule has 576 valence electrons. The highest BCUT2D eigenvalue weighted by Crippen LogP contribution is 2.29. The van der Waals surface area contributed by atoms with Gasteiger partial charge in [-0.2, -0.15) is 8.78 Å². The van der Waals surface area contributed by atoms with Crippen LogP contribution in [0.25, 0.3) is 44.5 Å². The van der Waals surface area contributed by atoms with Gasteiger partial charge < -0.3 is 70.2 Å². The number of carbonyl (C=O) groups excluding carboxylic acids is 3. The highest BCUT2D eigenvalue weighted by atomic mass is 127. The van der Waals surface area contributed by atoms with Gasteiger partial charge in [-0.15, -0.1) is 36.3 Å². The van der Waals surface area contributed by atoms with E-state index in [9.17, 15) is 41.4 Å². The average Bonchev–Trinajstić information content (AvgIpc) is 0.809. The molecule has 0 aromatic heterocycles. The number of allylic oxidation sites excluding steroid dienone is 1. The first kappa shape index (κ1) is 69.5. The number of nitrogens with one attached hydrogen (secondary N) is 4. The molecule has 0 aliphatic carbocycles. The van der Waals surface area contributed by atoms with E-state index in [2.05, 4.69) is 75.8 Å². The molecule has 0 saturated carbocycles. The van der Waals surface area contributed by atoms with Crippen molar-refractivity contribution in [2.75, 3.05) is 75.0 Å². The summed E-state index contributed by atoms with van der Waals surface area (Å²) < 4.78 is 221. The first-order chi connectivity index (χ1) is 58.0. The smallest absolute Gasteiger partial charge is 0.373 e. The molecule has 0 bridgehead atoms. The fourth-order valence-electron chi connectivity index (χ4n) is 8.91. The first-order valence-corrected chi connectivity index (χ1v) is 33.4. The van der Waals surface area contributed by atoms with E-state index in [1.165, 1.54) is 141 Å². The maximum Gasteiger partial charge on any atom is 0.373 e. The average molecular weight is 1710 g/mol. The number of hydrogen-bond donors (Lipinski definition) is 8. The van der Waals surface area contributed by atoms with Crippen molar-refractivity contribution in [1.82, 2.24) is 21.0 Å². The fourth-order valence-corrected chi connectivity index (χ4v) is 9.17. The second-order valence-electron chi connectivity index (χ2n) is 22.1. The van der Waals surface area contributed by atoms with Crippen molar-refractivity contribution < 1.29 is 105 Å². The minimum atomic E-state index is -2.54. The van der Waals surface area contributed by atoms with E-state index in [1.54, 1.807) is 69.0 Å². The van der Waals surface area contributed by atoms with Crippen molar-refractivity contribution in [1.29, 1.82) is 0 Å². The Bertz CT molecular complexity index is 5040. The molecule has 108 heavy (non-hydrogen) atoms. The zero-order valence-electron chi connectivity index (χ0n) is 77.3. The van der Waals surface area contributed by atoms with Crippen LogP contribution in [0, 0.1) is 41.6 Å². The van der Waals surface area contributed by atoms with Crippen molar-refractivity contribution in [3.8, 4) is 58.7 Å². The summed E-state index contributed by atoms with van der Waals surface area (Å²) in [6.07, 6.45) is 10.7. The normalized spacial score (nSPS) is 13.3. The molecule has 28 heteroatoms. The standard InChI is InChI=1S/C15H16FNO2.2C14H17BFNO2.C13H14FNO.C9H8BrFO.C8H8O2.C5H10BNO.C2H3ClO.HI/c1-10(18)17-6-5-12-8-13(16)7-11-3-4-14(19-2)9-15(11)12;1-15(18)17-6-5-11-8-12(16)7-10-3-4-13(19-2)9-14(10)11;1-15(18)17-10-4-3-5-13(16)11-12-6-8-14(19-2)9-7-12;1-16-12-3-2-9-6-11(14)7-10(4-5-15)13(9)8-12;1-12-8-4-2-7(3-5-8)6-9(10)11;1-10-8-4-2-7(6-9)3-5-8;1-3-4-5-7-6(2)8;1-2(3)4;/h3-4,7-9H,5-6H2,1-2H3,(H,17,18);3-4,7-9,17-18H,5-6H2,1-2H3;6-9,11,17-18H,4,10H2,1-2H3;2-3,6-8H,4-5,15H2,1H3;2-6H,1H3;2-6H,1H3;1,7-8H,4-5H2,2H3;1H3;1H/b;;13-11+;;;;;;/i3*2D3;3*1D3;;;. The third-order valence-electron chi connectivity index (χ3n) is 13.6. The molecule has 0 heterocycles. The molecule has 0 spiro atoms. The molecule has 0 aliphatic rings. The second-order valence-corrected chi connectivity index (χ2v) is 23.4. The zero-order valence-corrected chi connectivity index (χ0v) is 64.0. The van der Waals surface area contributed by atoms with E-state index in [0.717, 1.165) is 21.9 Å². The van der Waals surface area contributed by atoms with Gasteiger partial charge in [-0.3, -0.25) is 14.4 Å². The van der Waals surface area contributed by atoms with Crippen molar-refractivity contribution in [2.45, 2.75) is 66.4 Å². The van der Waals surface area contributed by atoms with Crippen LogP contribution >= 0.6 is 51.5 Å². The molecule has 9 rings (SSSR count). The second kappa shape index (κ2) is 56.3. The van der Waals surface area contributed by atoms with Crippen molar-refractivity contribution in [3.05, 3.63) is 225 Å². The van der Waals surface area contributed by atoms with Crippen LogP contribution in [0.4, 0.5) is 22.0 Å². The lowest BCUT2D eigenvalue weighted by Crippen LogP contribution is -2.32. The number of amides is 1. The maximum absolute atomic E-state index is 13.7. The Kier molecular flexibility index (Phi) is 36.2. The molecule has 9 aromatic rings. The van der Waals surface area contributed by atoms with Gasteiger partial charge in [0.1, 0.15) is 58.2 Å². The van der Waals surface area contributed by atoms with Gasteiger partial charge in [0.2, 0.25) is 11.1 Å². The Labute approximate surface area is 687 Å². The topological polar surface area (TPSA) is 241 Å². The molecule has 0 aliphatic heterocycles. The molecule has 17 nitrogen and oxygen atoms in total. The van der Waals surface area contributed by atoms with E-state index in [-0.39, 0.29) is 87.1 Å². The number of aldehydes is 1. The van der Waals surface area contributed by atoms with Crippen LogP contribution < -0.4 is 55.2 Å². The Morgan fingerprint density at radius 3 is 1.20 bits per heavy atom. The third-order valence-corrected chi connectivity index (χ3v) is 13.8. The molecule has 1 amide bonds. The molecule has 0 atom stereocenters. The summed E-state index contributed by atoms with van der Waals surface area (Å²) in [4.78, 5) is 30.4. The number of halogens is 8. The summed E-state index contributed by atoms with van der Waals surface area (Å²) in [6, 6.07) is 40.4. The predicted molar refractivity (Wildman–Crippen MR) is 445 cm³/mol. The number of terminal acetylenes is 1. The number of ether oxygens (including phenoxy) is 6. The Balaban J connectivity index is 0.000000740. The highest BCUT2D eigenvalue weighted by Gasteiger charge is 2.11. The maximum atomic E-state index is 13.7. The molecular weight excluding hydrogens is 1590 g/mol. The van der Waals surface area contributed by atoms with Crippen LogP contribution in [0.5, 0.6) is 34.5 Å². The monoisotopic (exact) mass is 1700 g/mol. The predicted octanol–water partition coefficient (Wildman–Crippen LogP) is 15.4. The van der Waals surface area contributed by atoms with E-state index in [1.807, 2.05) is 0 Å². The summed E-state index contributed by atoms with van der Waals surface area (Å²) in [5.74, 6) is 6.90. The lowest BCUT2D eigenvalue weighted by Gasteiger charge is -2.10. The van der Waals surface area contributed by atoms with E-state index in [4.69, 9.17) is 65.8 Å². The van der Waals surface area contributed by atoms with Gasteiger partial charge in [-0.05, 0) is 293 Å². The Morgan fingerprint density at radius 2 is 0.861 bits per heavy atom. The van der Waals surface area contributed by atoms with Crippen LogP contribution in [0.1, 0.15) is 89.5 Å². The van der Waals surface area contributed by atoms with Crippen molar-refractivity contribution in [2.24, 2.45) is 5.73 Å².